The number of hydrogen-bond acceptors (Lipinski definition) is 3. The highest BCUT2D eigenvalue weighted by Gasteiger charge is 2.06. The van der Waals surface area contributed by atoms with Crippen molar-refractivity contribution in [1.29, 1.82) is 0 Å². The molecule has 2 nitrogen and oxygen atoms in total. The first kappa shape index (κ1) is 31.6. The molecule has 0 aliphatic rings. The van der Waals surface area contributed by atoms with E-state index in [0.717, 1.165) is 23.4 Å². The van der Waals surface area contributed by atoms with Crippen LogP contribution in [0.5, 0.6) is 0 Å². The zero-order valence-electron chi connectivity index (χ0n) is 21.5. The predicted octanol–water partition coefficient (Wildman–Crippen LogP) is 10.1. The molecule has 31 heavy (non-hydrogen) atoms. The Kier molecular flexibility index (Phi) is 19.5. The van der Waals surface area contributed by atoms with Gasteiger partial charge in [0.1, 0.15) is 16.7 Å². The minimum Gasteiger partial charge on any atom is -0.466 e. The molecule has 3 heterocycles. The van der Waals surface area contributed by atoms with Crippen molar-refractivity contribution in [2.45, 2.75) is 82.1 Å². The summed E-state index contributed by atoms with van der Waals surface area (Å²) in [6.07, 6.45) is 1.66. The topological polar surface area (TPSA) is 26.0 Å². The van der Waals surface area contributed by atoms with E-state index in [9.17, 15) is 0 Å². The van der Waals surface area contributed by atoms with E-state index in [1.807, 2.05) is 26.0 Å². The molecule has 0 aromatic carbocycles. The predicted molar refractivity (Wildman–Crippen MR) is 142 cm³/mol. The SMILES string of the molecule is CC(C)C.CC(C)C.Cc1cc(C(C)C)c(C)o1.Cc1cccs1.Clc1ccccn1. The van der Waals surface area contributed by atoms with Crippen molar-refractivity contribution in [2.75, 3.05) is 0 Å². The first-order chi connectivity index (χ1) is 14.4. The number of rotatable bonds is 1. The van der Waals surface area contributed by atoms with Crippen molar-refractivity contribution in [3.05, 3.63) is 75.1 Å². The third-order valence-electron chi connectivity index (χ3n) is 2.99. The molecule has 0 amide bonds. The van der Waals surface area contributed by atoms with Crippen molar-refractivity contribution >= 4 is 22.9 Å². The maximum absolute atomic E-state index is 5.43. The van der Waals surface area contributed by atoms with Crippen LogP contribution in [0.3, 0.4) is 0 Å². The molecule has 0 saturated carbocycles. The fourth-order valence-electron chi connectivity index (χ4n) is 1.93. The zero-order valence-corrected chi connectivity index (χ0v) is 23.1. The number of halogens is 1. The van der Waals surface area contributed by atoms with Crippen LogP contribution in [0.4, 0.5) is 0 Å². The summed E-state index contributed by atoms with van der Waals surface area (Å²) >= 11 is 7.21. The van der Waals surface area contributed by atoms with Crippen LogP contribution in [0.2, 0.25) is 5.15 Å². The van der Waals surface area contributed by atoms with E-state index < -0.39 is 0 Å². The molecule has 0 N–H and O–H groups in total. The van der Waals surface area contributed by atoms with Gasteiger partial charge in [0.05, 0.1) is 0 Å². The lowest BCUT2D eigenvalue weighted by atomic mass is 10.0. The van der Waals surface area contributed by atoms with Gasteiger partial charge < -0.3 is 4.42 Å². The van der Waals surface area contributed by atoms with E-state index in [2.05, 4.69) is 90.9 Å². The van der Waals surface area contributed by atoms with E-state index in [0.29, 0.717) is 11.1 Å². The number of thiophene rings is 1. The molecule has 0 bridgehead atoms. The molecule has 0 spiro atoms. The van der Waals surface area contributed by atoms with Gasteiger partial charge in [-0.2, -0.15) is 0 Å². The summed E-state index contributed by atoms with van der Waals surface area (Å²) in [4.78, 5) is 5.13. The molecule has 3 rings (SSSR count). The van der Waals surface area contributed by atoms with Crippen molar-refractivity contribution in [2.24, 2.45) is 11.8 Å². The van der Waals surface area contributed by atoms with Crippen molar-refractivity contribution in [1.82, 2.24) is 4.98 Å². The number of hydrogen-bond donors (Lipinski definition) is 0. The molecule has 0 unspecified atom stereocenters. The van der Waals surface area contributed by atoms with Gasteiger partial charge in [-0.05, 0) is 73.7 Å². The highest BCUT2D eigenvalue weighted by molar-refractivity contribution is 7.09. The number of furan rings is 1. The van der Waals surface area contributed by atoms with Gasteiger partial charge in [-0.15, -0.1) is 11.3 Å². The normalized spacial score (nSPS) is 9.52. The lowest BCUT2D eigenvalue weighted by molar-refractivity contribution is 0.499. The zero-order chi connectivity index (χ0) is 24.4. The average Bonchev–Trinajstić information content (AvgIpc) is 3.24. The molecule has 0 saturated heterocycles. The van der Waals surface area contributed by atoms with Gasteiger partial charge in [0.15, 0.2) is 0 Å². The lowest BCUT2D eigenvalue weighted by Crippen LogP contribution is -1.84. The minimum atomic E-state index is 0.544. The molecule has 0 radical (unpaired) electrons. The Hall–Kier alpha value is -1.58. The van der Waals surface area contributed by atoms with Gasteiger partial charge in [-0.25, -0.2) is 4.98 Å². The van der Waals surface area contributed by atoms with Gasteiger partial charge in [0, 0.05) is 11.1 Å². The second-order valence-corrected chi connectivity index (χ2v) is 10.4. The van der Waals surface area contributed by atoms with E-state index in [4.69, 9.17) is 16.0 Å². The standard InChI is InChI=1S/C9H14O.C5H4ClN.C5H6S.2C4H10/c1-6(2)9-5-7(3)10-8(9)4;6-5-3-1-2-4-7-5;1-5-3-2-4-6-5;2*1-4(2)3/h5-6H,1-4H3;1-4H;2-4H,1H3;2*4H,1-3H3. The second kappa shape index (κ2) is 19.1. The third-order valence-corrected chi connectivity index (χ3v) is 4.02. The Balaban J connectivity index is 0. The Labute approximate surface area is 201 Å². The van der Waals surface area contributed by atoms with Crippen LogP contribution < -0.4 is 0 Å². The minimum absolute atomic E-state index is 0.544. The number of nitrogens with zero attached hydrogens (tertiary/aromatic N) is 1. The van der Waals surface area contributed by atoms with Crippen LogP contribution in [-0.4, -0.2) is 4.98 Å². The van der Waals surface area contributed by atoms with Crippen LogP contribution in [0.25, 0.3) is 0 Å². The van der Waals surface area contributed by atoms with Crippen LogP contribution in [0, 0.1) is 32.6 Å². The van der Waals surface area contributed by atoms with Gasteiger partial charge >= 0.3 is 0 Å². The molecule has 0 aliphatic heterocycles. The quantitative estimate of drug-likeness (QED) is 0.334. The molecule has 0 atom stereocenters. The number of aryl methyl sites for hydroxylation is 3. The lowest BCUT2D eigenvalue weighted by Gasteiger charge is -1.99. The van der Waals surface area contributed by atoms with E-state index >= 15 is 0 Å². The first-order valence-electron chi connectivity index (χ1n) is 11.0. The smallest absolute Gasteiger partial charge is 0.129 e. The molecule has 0 fully saturated rings. The Morgan fingerprint density at radius 2 is 1.39 bits per heavy atom. The fraction of sp³-hybridized carbons (Fsp3) is 0.519. The average molecular weight is 466 g/mol. The van der Waals surface area contributed by atoms with Gasteiger partial charge in [0.2, 0.25) is 0 Å². The first-order valence-corrected chi connectivity index (χ1v) is 12.3. The Morgan fingerprint density at radius 3 is 1.55 bits per heavy atom. The molecule has 0 aliphatic carbocycles. The summed E-state index contributed by atoms with van der Waals surface area (Å²) in [5.74, 6) is 4.33. The maximum atomic E-state index is 5.43. The summed E-state index contributed by atoms with van der Waals surface area (Å²) in [7, 11) is 0. The van der Waals surface area contributed by atoms with Crippen LogP contribution in [0.15, 0.2) is 52.4 Å². The van der Waals surface area contributed by atoms with Gasteiger partial charge in [0.25, 0.3) is 0 Å². The second-order valence-electron chi connectivity index (χ2n) is 8.86. The summed E-state index contributed by atoms with van der Waals surface area (Å²) in [5, 5.41) is 2.62. The highest BCUT2D eigenvalue weighted by Crippen LogP contribution is 2.21. The molecule has 176 valence electrons. The van der Waals surface area contributed by atoms with Crippen molar-refractivity contribution in [3.63, 3.8) is 0 Å². The van der Waals surface area contributed by atoms with Crippen molar-refractivity contribution < 1.29 is 4.42 Å². The highest BCUT2D eigenvalue weighted by atomic mass is 35.5. The summed E-state index contributed by atoms with van der Waals surface area (Å²) in [6.45, 7) is 23.5. The Bertz CT molecular complexity index is 735. The molecule has 3 aromatic rings. The maximum Gasteiger partial charge on any atom is 0.129 e. The van der Waals surface area contributed by atoms with Gasteiger partial charge in [-0.3, -0.25) is 0 Å². The Morgan fingerprint density at radius 1 is 0.839 bits per heavy atom. The largest absolute Gasteiger partial charge is 0.466 e. The number of pyridine rings is 1. The van der Waals surface area contributed by atoms with E-state index in [1.165, 1.54) is 10.4 Å². The van der Waals surface area contributed by atoms with E-state index in [1.54, 1.807) is 23.6 Å². The summed E-state index contributed by atoms with van der Waals surface area (Å²) < 4.78 is 5.38. The summed E-state index contributed by atoms with van der Waals surface area (Å²) in [6, 6.07) is 11.7. The molecule has 4 heteroatoms. The number of aromatic nitrogens is 1. The van der Waals surface area contributed by atoms with Crippen LogP contribution in [-0.2, 0) is 0 Å². The van der Waals surface area contributed by atoms with Crippen molar-refractivity contribution in [3.8, 4) is 0 Å². The third kappa shape index (κ3) is 22.9. The molecular weight excluding hydrogens is 422 g/mol. The monoisotopic (exact) mass is 465 g/mol. The van der Waals surface area contributed by atoms with Gasteiger partial charge in [-0.1, -0.05) is 79.1 Å². The molecule has 3 aromatic heterocycles. The van der Waals surface area contributed by atoms with Crippen LogP contribution in [0.1, 0.15) is 83.3 Å². The fourth-order valence-corrected chi connectivity index (χ4v) is 2.58. The summed E-state index contributed by atoms with van der Waals surface area (Å²) in [5.41, 5.74) is 1.33. The van der Waals surface area contributed by atoms with E-state index in [-0.39, 0.29) is 0 Å². The van der Waals surface area contributed by atoms with Crippen LogP contribution >= 0.6 is 22.9 Å². The molecular formula is C27H44ClNOS.